The van der Waals surface area contributed by atoms with Crippen molar-refractivity contribution in [3.05, 3.63) is 11.6 Å². The zero-order valence-electron chi connectivity index (χ0n) is 15.5. The van der Waals surface area contributed by atoms with Gasteiger partial charge in [0.2, 0.25) is 5.88 Å². The molecule has 2 aliphatic rings. The van der Waals surface area contributed by atoms with E-state index in [1.165, 1.54) is 6.07 Å². The fourth-order valence-corrected chi connectivity index (χ4v) is 3.93. The molecule has 2 heterocycles. The molecule has 29 heavy (non-hydrogen) atoms. The van der Waals surface area contributed by atoms with Gasteiger partial charge in [-0.05, 0) is 37.7 Å². The molecule has 0 spiro atoms. The van der Waals surface area contributed by atoms with Crippen LogP contribution in [0.4, 0.5) is 33.5 Å². The lowest BCUT2D eigenvalue weighted by atomic mass is 9.79. The summed E-state index contributed by atoms with van der Waals surface area (Å²) in [5.74, 6) is -2.01. The summed E-state index contributed by atoms with van der Waals surface area (Å²) < 4.78 is 68.1. The van der Waals surface area contributed by atoms with E-state index in [-0.39, 0.29) is 60.2 Å². The first-order valence-electron chi connectivity index (χ1n) is 9.39. The van der Waals surface area contributed by atoms with E-state index >= 15 is 0 Å². The van der Waals surface area contributed by atoms with Crippen LogP contribution in [0, 0.1) is 11.8 Å². The Balaban J connectivity index is 1.58. The first-order chi connectivity index (χ1) is 13.6. The Morgan fingerprint density at radius 2 is 1.90 bits per heavy atom. The quantitative estimate of drug-likeness (QED) is 0.353. The van der Waals surface area contributed by atoms with Crippen LogP contribution >= 0.6 is 0 Å². The minimum absolute atomic E-state index is 0.0300. The van der Waals surface area contributed by atoms with Crippen LogP contribution in [-0.4, -0.2) is 42.1 Å². The van der Waals surface area contributed by atoms with Crippen LogP contribution < -0.4 is 21.5 Å². The highest BCUT2D eigenvalue weighted by atomic mass is 19.4. The molecule has 162 valence electrons. The number of Topliss-reactive ketones (excluding diaryl/α,β-unsaturated/α-hetero) is 1. The van der Waals surface area contributed by atoms with E-state index in [1.807, 2.05) is 0 Å². The van der Waals surface area contributed by atoms with E-state index in [1.54, 1.807) is 0 Å². The molecule has 1 aliphatic carbocycles. The van der Waals surface area contributed by atoms with Gasteiger partial charge in [-0.15, -0.1) is 0 Å². The molecule has 0 aromatic carbocycles. The van der Waals surface area contributed by atoms with Crippen LogP contribution in [0.1, 0.15) is 42.5 Å². The summed E-state index contributed by atoms with van der Waals surface area (Å²) in [6.45, 7) is -0.941. The van der Waals surface area contributed by atoms with Crippen molar-refractivity contribution in [1.82, 2.24) is 10.3 Å². The number of nitrogen functional groups attached to an aromatic ring is 2. The molecule has 1 saturated carbocycles. The highest BCUT2D eigenvalue weighted by Crippen LogP contribution is 2.43. The number of nitrogens with two attached hydrogens (primary N) is 2. The van der Waals surface area contributed by atoms with E-state index in [0.29, 0.717) is 12.8 Å². The molecule has 11 heteroatoms. The summed E-state index contributed by atoms with van der Waals surface area (Å²) in [6, 6.07) is 1.03. The molecule has 3 rings (SSSR count). The number of ether oxygens (including phenoxy) is 1. The first-order valence-corrected chi connectivity index (χ1v) is 9.39. The number of hydrogen-bond acceptors (Lipinski definition) is 6. The maximum atomic E-state index is 12.8. The van der Waals surface area contributed by atoms with Gasteiger partial charge in [0, 0.05) is 18.5 Å². The second kappa shape index (κ2) is 8.29. The minimum atomic E-state index is -4.16. The molecular formula is C18H23F5N4O2. The van der Waals surface area contributed by atoms with Crippen molar-refractivity contribution in [1.29, 1.82) is 0 Å². The van der Waals surface area contributed by atoms with Crippen LogP contribution in [-0.2, 0) is 0 Å². The number of carbonyl (C=O) groups is 1. The van der Waals surface area contributed by atoms with E-state index in [9.17, 15) is 26.7 Å². The van der Waals surface area contributed by atoms with Crippen molar-refractivity contribution in [2.24, 2.45) is 11.8 Å². The second-order valence-corrected chi connectivity index (χ2v) is 7.60. The fourth-order valence-electron chi connectivity index (χ4n) is 3.93. The molecule has 0 bridgehead atoms. The lowest BCUT2D eigenvalue weighted by Crippen LogP contribution is -2.30. The van der Waals surface area contributed by atoms with Crippen molar-refractivity contribution in [2.45, 2.75) is 56.8 Å². The molecule has 1 aromatic rings. The summed E-state index contributed by atoms with van der Waals surface area (Å²) in [6.07, 6.45) is -5.78. The first kappa shape index (κ1) is 21.5. The van der Waals surface area contributed by atoms with Gasteiger partial charge in [0.05, 0.1) is 17.2 Å². The van der Waals surface area contributed by atoms with Crippen LogP contribution in [0.2, 0.25) is 0 Å². The Morgan fingerprint density at radius 1 is 1.24 bits per heavy atom. The van der Waals surface area contributed by atoms with Crippen molar-refractivity contribution in [3.8, 4) is 5.88 Å². The topological polar surface area (TPSA) is 113 Å². The van der Waals surface area contributed by atoms with Gasteiger partial charge >= 0.3 is 6.18 Å². The zero-order valence-corrected chi connectivity index (χ0v) is 15.5. The molecule has 1 saturated heterocycles. The summed E-state index contributed by atoms with van der Waals surface area (Å²) in [5, 5.41) is 3.15. The predicted molar refractivity (Wildman–Crippen MR) is 95.7 cm³/mol. The Labute approximate surface area is 164 Å². The largest absolute Gasteiger partial charge is 0.471 e. The van der Waals surface area contributed by atoms with Crippen molar-refractivity contribution >= 4 is 17.3 Å². The monoisotopic (exact) mass is 422 g/mol. The number of nitrogens with one attached hydrogen (secondary N) is 1. The second-order valence-electron chi connectivity index (χ2n) is 7.60. The molecule has 6 nitrogen and oxygen atoms in total. The molecule has 2 fully saturated rings. The van der Waals surface area contributed by atoms with Crippen molar-refractivity contribution < 1.29 is 31.5 Å². The molecule has 2 atom stereocenters. The van der Waals surface area contributed by atoms with Crippen LogP contribution in [0.3, 0.4) is 0 Å². The minimum Gasteiger partial charge on any atom is -0.471 e. The van der Waals surface area contributed by atoms with Crippen molar-refractivity contribution in [2.75, 3.05) is 18.1 Å². The number of halogens is 5. The predicted octanol–water partition coefficient (Wildman–Crippen LogP) is 3.17. The van der Waals surface area contributed by atoms with Gasteiger partial charge in [0.25, 0.3) is 6.43 Å². The molecule has 0 amide bonds. The van der Waals surface area contributed by atoms with Gasteiger partial charge in [0.15, 0.2) is 18.2 Å². The van der Waals surface area contributed by atoms with E-state index < -0.39 is 30.9 Å². The smallest absolute Gasteiger partial charge is 0.391 e. The van der Waals surface area contributed by atoms with Gasteiger partial charge in [-0.1, -0.05) is 0 Å². The van der Waals surface area contributed by atoms with Gasteiger partial charge in [-0.2, -0.15) is 18.2 Å². The van der Waals surface area contributed by atoms with Gasteiger partial charge < -0.3 is 21.5 Å². The number of hydrogen-bond donors (Lipinski definition) is 3. The van der Waals surface area contributed by atoms with Crippen LogP contribution in [0.15, 0.2) is 6.07 Å². The number of ketones is 1. The number of pyridine rings is 1. The SMILES string of the molecule is Nc1cc(C(=O)CC2NC2C2CCC(C(F)(F)F)CC2)c(OCC(F)F)nc1N. The molecular weight excluding hydrogens is 399 g/mol. The maximum absolute atomic E-state index is 12.8. The fraction of sp³-hybridized carbons (Fsp3) is 0.667. The molecule has 1 aromatic heterocycles. The van der Waals surface area contributed by atoms with E-state index in [4.69, 9.17) is 16.2 Å². The van der Waals surface area contributed by atoms with E-state index in [0.717, 1.165) is 0 Å². The van der Waals surface area contributed by atoms with Crippen LogP contribution in [0.5, 0.6) is 5.88 Å². The third-order valence-electron chi connectivity index (χ3n) is 5.57. The average molecular weight is 422 g/mol. The average Bonchev–Trinajstić information content (AvgIpc) is 3.40. The Morgan fingerprint density at radius 3 is 2.48 bits per heavy atom. The maximum Gasteiger partial charge on any atom is 0.391 e. The number of alkyl halides is 5. The zero-order chi connectivity index (χ0) is 21.3. The normalized spacial score (nSPS) is 27.1. The summed E-state index contributed by atoms with van der Waals surface area (Å²) in [7, 11) is 0. The van der Waals surface area contributed by atoms with Crippen molar-refractivity contribution in [3.63, 3.8) is 0 Å². The van der Waals surface area contributed by atoms with Gasteiger partial charge in [0.1, 0.15) is 0 Å². The third kappa shape index (κ3) is 5.26. The van der Waals surface area contributed by atoms with Gasteiger partial charge in [-0.25, -0.2) is 8.78 Å². The number of aromatic nitrogens is 1. The molecule has 1 aliphatic heterocycles. The Kier molecular flexibility index (Phi) is 6.16. The Hall–Kier alpha value is -2.17. The number of carbonyl (C=O) groups excluding carboxylic acids is 1. The van der Waals surface area contributed by atoms with E-state index in [2.05, 4.69) is 10.3 Å². The third-order valence-corrected chi connectivity index (χ3v) is 5.57. The highest BCUT2D eigenvalue weighted by molar-refractivity contribution is 6.00. The highest BCUT2D eigenvalue weighted by Gasteiger charge is 2.48. The number of nitrogens with zero attached hydrogens (tertiary/aromatic N) is 1. The molecule has 5 N–H and O–H groups in total. The molecule has 0 radical (unpaired) electrons. The lowest BCUT2D eigenvalue weighted by Gasteiger charge is -2.29. The number of anilines is 2. The standard InChI is InChI=1S/C18H23F5N4O2/c19-14(20)7-29-17-10(5-11(24)16(25)27-17)13(28)6-12-15(26-12)8-1-3-9(4-2-8)18(21,22)23/h5,8-9,12,14-15,26H,1-4,6-7,24H2,(H2,25,27). The molecule has 2 unspecified atom stereocenters. The number of rotatable bonds is 7. The van der Waals surface area contributed by atoms with Crippen LogP contribution in [0.25, 0.3) is 0 Å². The summed E-state index contributed by atoms with van der Waals surface area (Å²) in [4.78, 5) is 16.4. The Bertz CT molecular complexity index is 751. The summed E-state index contributed by atoms with van der Waals surface area (Å²) >= 11 is 0. The lowest BCUT2D eigenvalue weighted by molar-refractivity contribution is -0.183. The summed E-state index contributed by atoms with van der Waals surface area (Å²) in [5.41, 5.74) is 11.2. The van der Waals surface area contributed by atoms with Gasteiger partial charge in [-0.3, -0.25) is 4.79 Å².